The van der Waals surface area contributed by atoms with E-state index in [1.165, 1.54) is 11.3 Å². The first-order valence-corrected chi connectivity index (χ1v) is 6.23. The highest BCUT2D eigenvalue weighted by molar-refractivity contribution is 7.14. The molecule has 17 heavy (non-hydrogen) atoms. The van der Waals surface area contributed by atoms with Gasteiger partial charge >= 0.3 is 5.97 Å². The average Bonchev–Trinajstić information content (AvgIpc) is 2.74. The summed E-state index contributed by atoms with van der Waals surface area (Å²) >= 11 is 1.26. The number of rotatable bonds is 3. The Morgan fingerprint density at radius 2 is 2.00 bits per heavy atom. The van der Waals surface area contributed by atoms with E-state index in [2.05, 4.69) is 4.98 Å². The highest BCUT2D eigenvalue weighted by Gasteiger charge is 2.17. The van der Waals surface area contributed by atoms with E-state index in [-0.39, 0.29) is 0 Å². The second-order valence-corrected chi connectivity index (χ2v) is 4.89. The van der Waals surface area contributed by atoms with E-state index in [4.69, 9.17) is 5.11 Å². The minimum Gasteiger partial charge on any atom is -0.477 e. The molecule has 1 heterocycles. The first kappa shape index (κ1) is 11.8. The molecule has 0 amide bonds. The van der Waals surface area contributed by atoms with Gasteiger partial charge in [0, 0.05) is 5.56 Å². The molecule has 0 bridgehead atoms. The van der Waals surface area contributed by atoms with Gasteiger partial charge in [-0.25, -0.2) is 9.78 Å². The number of hydrogen-bond donors (Lipinski definition) is 1. The van der Waals surface area contributed by atoms with E-state index >= 15 is 0 Å². The van der Waals surface area contributed by atoms with Crippen molar-refractivity contribution in [3.8, 4) is 11.3 Å². The van der Waals surface area contributed by atoms with Crippen LogP contribution in [-0.2, 0) is 6.42 Å². The summed E-state index contributed by atoms with van der Waals surface area (Å²) in [6.07, 6.45) is 0.761. The van der Waals surface area contributed by atoms with Gasteiger partial charge in [0.25, 0.3) is 0 Å². The zero-order chi connectivity index (χ0) is 12.4. The molecule has 1 N–H and O–H groups in total. The molecule has 0 aliphatic heterocycles. The first-order chi connectivity index (χ1) is 8.11. The lowest BCUT2D eigenvalue weighted by Gasteiger charge is -1.99. The molecule has 2 rings (SSSR count). The van der Waals surface area contributed by atoms with Gasteiger partial charge in [0.15, 0.2) is 0 Å². The van der Waals surface area contributed by atoms with Crippen LogP contribution in [0.3, 0.4) is 0 Å². The van der Waals surface area contributed by atoms with Crippen molar-refractivity contribution >= 4 is 17.3 Å². The van der Waals surface area contributed by atoms with Crippen LogP contribution in [0.5, 0.6) is 0 Å². The summed E-state index contributed by atoms with van der Waals surface area (Å²) in [6, 6.07) is 7.75. The molecule has 0 radical (unpaired) electrons. The molecule has 0 unspecified atom stereocenters. The third kappa shape index (κ3) is 2.36. The van der Waals surface area contributed by atoms with E-state index < -0.39 is 5.97 Å². The predicted molar refractivity (Wildman–Crippen MR) is 68.6 cm³/mol. The quantitative estimate of drug-likeness (QED) is 0.904. The maximum atomic E-state index is 11.2. The number of hydrogen-bond acceptors (Lipinski definition) is 3. The minimum atomic E-state index is -0.905. The molecular weight excluding hydrogens is 234 g/mol. The largest absolute Gasteiger partial charge is 0.477 e. The maximum Gasteiger partial charge on any atom is 0.348 e. The van der Waals surface area contributed by atoms with Crippen LogP contribution in [0.15, 0.2) is 24.3 Å². The number of aromatic nitrogens is 1. The molecule has 0 saturated carbocycles. The number of carboxylic acid groups (broad SMARTS) is 1. The van der Waals surface area contributed by atoms with E-state index in [1.54, 1.807) is 0 Å². The average molecular weight is 247 g/mol. The second-order valence-electron chi connectivity index (χ2n) is 3.81. The topological polar surface area (TPSA) is 50.2 Å². The molecule has 0 aliphatic carbocycles. The summed E-state index contributed by atoms with van der Waals surface area (Å²) in [5.41, 5.74) is 2.60. The Balaban J connectivity index is 2.53. The third-order valence-corrected chi connectivity index (χ3v) is 3.68. The Labute approximate surface area is 104 Å². The Bertz CT molecular complexity index is 543. The van der Waals surface area contributed by atoms with Crippen LogP contribution >= 0.6 is 11.3 Å². The van der Waals surface area contributed by atoms with Gasteiger partial charge in [-0.05, 0) is 13.3 Å². The smallest absolute Gasteiger partial charge is 0.348 e. The van der Waals surface area contributed by atoms with Crippen LogP contribution in [0.1, 0.15) is 27.2 Å². The summed E-state index contributed by atoms with van der Waals surface area (Å²) in [5, 5.41) is 10.0. The van der Waals surface area contributed by atoms with Gasteiger partial charge in [-0.3, -0.25) is 0 Å². The molecule has 0 aliphatic rings. The molecule has 0 atom stereocenters. The summed E-state index contributed by atoms with van der Waals surface area (Å²) in [4.78, 5) is 15.9. The summed E-state index contributed by atoms with van der Waals surface area (Å²) in [5.74, 6) is -0.905. The standard InChI is InChI=1S/C13H13NO2S/c1-3-10-14-11(12(17-10)13(15)16)9-6-4-8(2)5-7-9/h4-7H,3H2,1-2H3,(H,15,16). The van der Waals surface area contributed by atoms with Gasteiger partial charge < -0.3 is 5.11 Å². The third-order valence-electron chi connectivity index (χ3n) is 2.49. The van der Waals surface area contributed by atoms with Crippen molar-refractivity contribution in [2.75, 3.05) is 0 Å². The molecule has 88 valence electrons. The fourth-order valence-corrected chi connectivity index (χ4v) is 2.43. The second kappa shape index (κ2) is 4.67. The zero-order valence-electron chi connectivity index (χ0n) is 9.73. The fourth-order valence-electron chi connectivity index (χ4n) is 1.57. The lowest BCUT2D eigenvalue weighted by atomic mass is 10.1. The van der Waals surface area contributed by atoms with E-state index in [9.17, 15) is 4.79 Å². The maximum absolute atomic E-state index is 11.2. The summed E-state index contributed by atoms with van der Waals surface area (Å²) in [7, 11) is 0. The van der Waals surface area contributed by atoms with Gasteiger partial charge in [0.05, 0.1) is 10.7 Å². The number of carbonyl (C=O) groups is 1. The van der Waals surface area contributed by atoms with Crippen molar-refractivity contribution in [1.82, 2.24) is 4.98 Å². The van der Waals surface area contributed by atoms with Crippen LogP contribution < -0.4 is 0 Å². The zero-order valence-corrected chi connectivity index (χ0v) is 10.5. The van der Waals surface area contributed by atoms with Gasteiger partial charge in [-0.15, -0.1) is 11.3 Å². The van der Waals surface area contributed by atoms with E-state index in [1.807, 2.05) is 38.1 Å². The number of nitrogens with zero attached hydrogens (tertiary/aromatic N) is 1. The van der Waals surface area contributed by atoms with Crippen molar-refractivity contribution in [3.63, 3.8) is 0 Å². The minimum absolute atomic E-state index is 0.325. The lowest BCUT2D eigenvalue weighted by molar-refractivity contribution is 0.0702. The molecular formula is C13H13NO2S. The van der Waals surface area contributed by atoms with Gasteiger partial charge in [-0.1, -0.05) is 36.8 Å². The predicted octanol–water partition coefficient (Wildman–Crippen LogP) is 3.38. The van der Waals surface area contributed by atoms with E-state index in [0.29, 0.717) is 10.6 Å². The number of carboxylic acids is 1. The number of thiazole rings is 1. The molecule has 3 nitrogen and oxygen atoms in total. The van der Waals surface area contributed by atoms with Crippen LogP contribution in [0, 0.1) is 6.92 Å². The highest BCUT2D eigenvalue weighted by atomic mass is 32.1. The first-order valence-electron chi connectivity index (χ1n) is 5.42. The SMILES string of the molecule is CCc1nc(-c2ccc(C)cc2)c(C(=O)O)s1. The number of benzene rings is 1. The Morgan fingerprint density at radius 1 is 1.35 bits per heavy atom. The Kier molecular flexibility index (Phi) is 3.24. The molecule has 1 aromatic carbocycles. The molecule has 2 aromatic rings. The Morgan fingerprint density at radius 3 is 2.53 bits per heavy atom. The molecule has 0 fully saturated rings. The van der Waals surface area contributed by atoms with Crippen molar-refractivity contribution in [1.29, 1.82) is 0 Å². The highest BCUT2D eigenvalue weighted by Crippen LogP contribution is 2.28. The Hall–Kier alpha value is -1.68. The monoisotopic (exact) mass is 247 g/mol. The van der Waals surface area contributed by atoms with Gasteiger partial charge in [0.1, 0.15) is 4.88 Å². The van der Waals surface area contributed by atoms with Crippen LogP contribution in [0.2, 0.25) is 0 Å². The summed E-state index contributed by atoms with van der Waals surface area (Å²) in [6.45, 7) is 3.98. The lowest BCUT2D eigenvalue weighted by Crippen LogP contribution is -1.95. The molecule has 0 saturated heterocycles. The van der Waals surface area contributed by atoms with Crippen LogP contribution in [0.25, 0.3) is 11.3 Å². The van der Waals surface area contributed by atoms with Crippen molar-refractivity contribution in [2.24, 2.45) is 0 Å². The van der Waals surface area contributed by atoms with Crippen molar-refractivity contribution in [3.05, 3.63) is 39.7 Å². The fraction of sp³-hybridized carbons (Fsp3) is 0.231. The normalized spacial score (nSPS) is 10.5. The molecule has 0 spiro atoms. The molecule has 4 heteroatoms. The van der Waals surface area contributed by atoms with Crippen LogP contribution in [-0.4, -0.2) is 16.1 Å². The van der Waals surface area contributed by atoms with Crippen molar-refractivity contribution in [2.45, 2.75) is 20.3 Å². The summed E-state index contributed by atoms with van der Waals surface area (Å²) < 4.78 is 0. The van der Waals surface area contributed by atoms with Crippen LogP contribution in [0.4, 0.5) is 0 Å². The van der Waals surface area contributed by atoms with Gasteiger partial charge in [-0.2, -0.15) is 0 Å². The van der Waals surface area contributed by atoms with Crippen molar-refractivity contribution < 1.29 is 9.90 Å². The number of aromatic carboxylic acids is 1. The number of aryl methyl sites for hydroxylation is 2. The van der Waals surface area contributed by atoms with Gasteiger partial charge in [0.2, 0.25) is 0 Å². The van der Waals surface area contributed by atoms with E-state index in [0.717, 1.165) is 22.6 Å². The molecule has 1 aromatic heterocycles.